The average Bonchev–Trinajstić information content (AvgIpc) is 2.85. The number of nitrogens with zero attached hydrogens (tertiary/aromatic N) is 2. The molecule has 1 aromatic heterocycles. The Bertz CT molecular complexity index is 286. The molecule has 0 aromatic carbocycles. The second-order valence-electron chi connectivity index (χ2n) is 3.51. The third-order valence-corrected chi connectivity index (χ3v) is 2.18. The standard InChI is InChI=1S/C10H15N3/c1-2-5-13-8-9(7-12-13)6-11-10-3-4-10/h2,7-8,10-11H,1,3-6H2. The highest BCUT2D eigenvalue weighted by Gasteiger charge is 2.19. The van der Waals surface area contributed by atoms with Crippen molar-refractivity contribution in [2.75, 3.05) is 0 Å². The number of hydrogen-bond acceptors (Lipinski definition) is 2. The Labute approximate surface area is 78.4 Å². The third-order valence-electron chi connectivity index (χ3n) is 2.18. The van der Waals surface area contributed by atoms with E-state index in [4.69, 9.17) is 0 Å². The molecule has 0 saturated heterocycles. The zero-order valence-electron chi connectivity index (χ0n) is 7.74. The van der Waals surface area contributed by atoms with E-state index in [2.05, 4.69) is 23.2 Å². The molecule has 0 aliphatic heterocycles. The molecule has 1 aliphatic carbocycles. The molecule has 0 unspecified atom stereocenters. The first-order valence-corrected chi connectivity index (χ1v) is 4.74. The molecule has 1 N–H and O–H groups in total. The maximum Gasteiger partial charge on any atom is 0.0587 e. The van der Waals surface area contributed by atoms with Crippen molar-refractivity contribution >= 4 is 0 Å². The molecule has 13 heavy (non-hydrogen) atoms. The summed E-state index contributed by atoms with van der Waals surface area (Å²) in [6.45, 7) is 5.41. The fourth-order valence-corrected chi connectivity index (χ4v) is 1.28. The summed E-state index contributed by atoms with van der Waals surface area (Å²) in [6.07, 6.45) is 8.50. The monoisotopic (exact) mass is 177 g/mol. The maximum absolute atomic E-state index is 4.21. The molecule has 2 rings (SSSR count). The minimum absolute atomic E-state index is 0.766. The Morgan fingerprint density at radius 2 is 2.54 bits per heavy atom. The summed E-state index contributed by atoms with van der Waals surface area (Å²) < 4.78 is 1.90. The van der Waals surface area contributed by atoms with E-state index in [0.29, 0.717) is 0 Å². The summed E-state index contributed by atoms with van der Waals surface area (Å²) >= 11 is 0. The lowest BCUT2D eigenvalue weighted by molar-refractivity contribution is 0.681. The van der Waals surface area contributed by atoms with Crippen LogP contribution in [0.4, 0.5) is 0 Å². The summed E-state index contributed by atoms with van der Waals surface area (Å²) in [4.78, 5) is 0. The summed E-state index contributed by atoms with van der Waals surface area (Å²) in [5.74, 6) is 0. The van der Waals surface area contributed by atoms with Gasteiger partial charge >= 0.3 is 0 Å². The van der Waals surface area contributed by atoms with E-state index in [1.54, 1.807) is 0 Å². The molecule has 0 atom stereocenters. The van der Waals surface area contributed by atoms with E-state index in [1.165, 1.54) is 18.4 Å². The van der Waals surface area contributed by atoms with Crippen molar-refractivity contribution < 1.29 is 0 Å². The molecule has 1 heterocycles. The van der Waals surface area contributed by atoms with Gasteiger partial charge in [-0.05, 0) is 12.8 Å². The van der Waals surface area contributed by atoms with E-state index in [0.717, 1.165) is 19.1 Å². The normalized spacial score (nSPS) is 16.0. The Morgan fingerprint density at radius 3 is 3.23 bits per heavy atom. The SMILES string of the molecule is C=CCn1cc(CNC2CC2)cn1. The summed E-state index contributed by atoms with van der Waals surface area (Å²) in [5, 5.41) is 7.66. The fourth-order valence-electron chi connectivity index (χ4n) is 1.28. The minimum Gasteiger partial charge on any atom is -0.310 e. The van der Waals surface area contributed by atoms with Gasteiger partial charge in [0.15, 0.2) is 0 Å². The zero-order valence-corrected chi connectivity index (χ0v) is 7.74. The lowest BCUT2D eigenvalue weighted by atomic mass is 10.3. The van der Waals surface area contributed by atoms with Crippen LogP contribution >= 0.6 is 0 Å². The van der Waals surface area contributed by atoms with E-state index in [-0.39, 0.29) is 0 Å². The van der Waals surface area contributed by atoms with Gasteiger partial charge in [0.2, 0.25) is 0 Å². The lowest BCUT2D eigenvalue weighted by Gasteiger charge is -1.97. The Hall–Kier alpha value is -1.09. The Balaban J connectivity index is 1.84. The highest BCUT2D eigenvalue weighted by atomic mass is 15.3. The molecule has 0 bridgehead atoms. The van der Waals surface area contributed by atoms with Gasteiger partial charge in [0, 0.05) is 24.3 Å². The van der Waals surface area contributed by atoms with Gasteiger partial charge in [-0.3, -0.25) is 4.68 Å². The van der Waals surface area contributed by atoms with Crippen molar-refractivity contribution in [1.29, 1.82) is 0 Å². The molecule has 0 amide bonds. The molecule has 0 radical (unpaired) electrons. The molecular weight excluding hydrogens is 162 g/mol. The van der Waals surface area contributed by atoms with Crippen molar-refractivity contribution in [2.45, 2.75) is 32.0 Å². The first kappa shape index (κ1) is 8.51. The van der Waals surface area contributed by atoms with Crippen LogP contribution in [-0.2, 0) is 13.1 Å². The van der Waals surface area contributed by atoms with Crippen LogP contribution in [-0.4, -0.2) is 15.8 Å². The minimum atomic E-state index is 0.766. The van der Waals surface area contributed by atoms with E-state index in [9.17, 15) is 0 Å². The van der Waals surface area contributed by atoms with Crippen LogP contribution in [0.25, 0.3) is 0 Å². The van der Waals surface area contributed by atoms with Crippen LogP contribution in [0.15, 0.2) is 25.0 Å². The molecule has 1 aromatic rings. The largest absolute Gasteiger partial charge is 0.310 e. The molecule has 1 fully saturated rings. The zero-order chi connectivity index (χ0) is 9.10. The molecule has 70 valence electrons. The van der Waals surface area contributed by atoms with Crippen LogP contribution in [0, 0.1) is 0 Å². The predicted octanol–water partition coefficient (Wildman–Crippen LogP) is 1.32. The quantitative estimate of drug-likeness (QED) is 0.687. The van der Waals surface area contributed by atoms with Gasteiger partial charge in [0.05, 0.1) is 12.7 Å². The van der Waals surface area contributed by atoms with Gasteiger partial charge in [-0.15, -0.1) is 6.58 Å². The van der Waals surface area contributed by atoms with Crippen molar-refractivity contribution in [3.63, 3.8) is 0 Å². The fraction of sp³-hybridized carbons (Fsp3) is 0.500. The first-order valence-electron chi connectivity index (χ1n) is 4.74. The van der Waals surface area contributed by atoms with Crippen LogP contribution in [0.3, 0.4) is 0 Å². The molecule has 0 spiro atoms. The number of hydrogen-bond donors (Lipinski definition) is 1. The third kappa shape index (κ3) is 2.42. The predicted molar refractivity (Wildman–Crippen MR) is 52.3 cm³/mol. The van der Waals surface area contributed by atoms with Gasteiger partial charge in [-0.25, -0.2) is 0 Å². The number of rotatable bonds is 5. The van der Waals surface area contributed by atoms with Crippen molar-refractivity contribution in [3.05, 3.63) is 30.6 Å². The van der Waals surface area contributed by atoms with Gasteiger partial charge < -0.3 is 5.32 Å². The van der Waals surface area contributed by atoms with E-state index in [1.807, 2.05) is 17.0 Å². The van der Waals surface area contributed by atoms with Crippen LogP contribution in [0.5, 0.6) is 0 Å². The number of nitrogens with one attached hydrogen (secondary N) is 1. The van der Waals surface area contributed by atoms with Crippen molar-refractivity contribution in [2.24, 2.45) is 0 Å². The molecule has 1 aliphatic rings. The van der Waals surface area contributed by atoms with Crippen LogP contribution < -0.4 is 5.32 Å². The molecular formula is C10H15N3. The van der Waals surface area contributed by atoms with Crippen LogP contribution in [0.1, 0.15) is 18.4 Å². The molecule has 3 heteroatoms. The summed E-state index contributed by atoms with van der Waals surface area (Å²) in [7, 11) is 0. The lowest BCUT2D eigenvalue weighted by Crippen LogP contribution is -2.14. The van der Waals surface area contributed by atoms with Crippen molar-refractivity contribution in [3.8, 4) is 0 Å². The summed E-state index contributed by atoms with van der Waals surface area (Å²) in [5.41, 5.74) is 1.26. The Morgan fingerprint density at radius 1 is 1.69 bits per heavy atom. The van der Waals surface area contributed by atoms with Crippen molar-refractivity contribution in [1.82, 2.24) is 15.1 Å². The van der Waals surface area contributed by atoms with Gasteiger partial charge in [-0.2, -0.15) is 5.10 Å². The molecule has 3 nitrogen and oxygen atoms in total. The van der Waals surface area contributed by atoms with Gasteiger partial charge in [0.1, 0.15) is 0 Å². The highest BCUT2D eigenvalue weighted by molar-refractivity contribution is 5.04. The second kappa shape index (κ2) is 3.75. The number of allylic oxidation sites excluding steroid dienone is 1. The Kier molecular flexibility index (Phi) is 2.45. The topological polar surface area (TPSA) is 29.9 Å². The highest BCUT2D eigenvalue weighted by Crippen LogP contribution is 2.19. The van der Waals surface area contributed by atoms with E-state index >= 15 is 0 Å². The second-order valence-corrected chi connectivity index (χ2v) is 3.51. The van der Waals surface area contributed by atoms with Crippen LogP contribution in [0.2, 0.25) is 0 Å². The smallest absolute Gasteiger partial charge is 0.0587 e. The average molecular weight is 177 g/mol. The molecule has 1 saturated carbocycles. The van der Waals surface area contributed by atoms with Gasteiger partial charge in [0.25, 0.3) is 0 Å². The maximum atomic E-state index is 4.21. The summed E-state index contributed by atoms with van der Waals surface area (Å²) in [6, 6.07) is 0.766. The number of aromatic nitrogens is 2. The van der Waals surface area contributed by atoms with Gasteiger partial charge in [-0.1, -0.05) is 6.08 Å². The van der Waals surface area contributed by atoms with E-state index < -0.39 is 0 Å². The first-order chi connectivity index (χ1) is 6.38.